The number of hydrogen-bond acceptors (Lipinski definition) is 6. The molecular formula is C21H18ClFN4O4. The molecule has 8 nitrogen and oxygen atoms in total. The highest BCUT2D eigenvalue weighted by Crippen LogP contribution is 2.20. The number of aromatic nitrogens is 1. The van der Waals surface area contributed by atoms with Gasteiger partial charge in [0.2, 0.25) is 0 Å². The first-order valence-corrected chi connectivity index (χ1v) is 9.64. The Bertz CT molecular complexity index is 1040. The summed E-state index contributed by atoms with van der Waals surface area (Å²) in [6.07, 6.45) is 3.76. The first-order chi connectivity index (χ1) is 14.9. The van der Waals surface area contributed by atoms with Crippen LogP contribution in [0.5, 0.6) is 5.75 Å². The molecule has 10 heteroatoms. The summed E-state index contributed by atoms with van der Waals surface area (Å²) in [5, 5.41) is 24.4. The first-order valence-electron chi connectivity index (χ1n) is 9.26. The van der Waals surface area contributed by atoms with Crippen LogP contribution in [0, 0.1) is 17.1 Å². The van der Waals surface area contributed by atoms with Crippen molar-refractivity contribution in [1.82, 2.24) is 15.6 Å². The highest BCUT2D eigenvalue weighted by Gasteiger charge is 2.27. The quantitative estimate of drug-likeness (QED) is 0.583. The van der Waals surface area contributed by atoms with E-state index >= 15 is 0 Å². The number of rotatable bonds is 6. The third-order valence-electron chi connectivity index (χ3n) is 4.49. The van der Waals surface area contributed by atoms with Crippen LogP contribution in [-0.2, 0) is 4.79 Å². The van der Waals surface area contributed by atoms with Gasteiger partial charge in [-0.05, 0) is 30.7 Å². The minimum absolute atomic E-state index is 0.0520. The molecule has 3 unspecified atom stereocenters. The van der Waals surface area contributed by atoms with Gasteiger partial charge in [0.1, 0.15) is 23.3 Å². The van der Waals surface area contributed by atoms with Crippen molar-refractivity contribution in [2.75, 3.05) is 6.61 Å². The van der Waals surface area contributed by atoms with Crippen LogP contribution in [-0.4, -0.2) is 46.7 Å². The SMILES string of the molecule is N#Cc1ccc(C(=O)NC2C=CC(NC(=O)COc3ccc(Cl)c(F)c3)C(O)C2)nc1. The summed E-state index contributed by atoms with van der Waals surface area (Å²) in [6.45, 7) is -0.372. The summed E-state index contributed by atoms with van der Waals surface area (Å²) in [5.74, 6) is -1.46. The van der Waals surface area contributed by atoms with E-state index in [4.69, 9.17) is 21.6 Å². The fourth-order valence-corrected chi connectivity index (χ4v) is 3.02. The molecule has 0 aliphatic heterocycles. The summed E-state index contributed by atoms with van der Waals surface area (Å²) in [5.41, 5.74) is 0.487. The summed E-state index contributed by atoms with van der Waals surface area (Å²) in [7, 11) is 0. The molecule has 1 aromatic heterocycles. The number of pyridine rings is 1. The molecule has 3 N–H and O–H groups in total. The van der Waals surface area contributed by atoms with Crippen molar-refractivity contribution >= 4 is 23.4 Å². The number of halogens is 2. The Kier molecular flexibility index (Phi) is 7.18. The Morgan fingerprint density at radius 2 is 2.10 bits per heavy atom. The first kappa shape index (κ1) is 22.2. The van der Waals surface area contributed by atoms with Crippen LogP contribution in [0.4, 0.5) is 4.39 Å². The number of ether oxygens (including phenoxy) is 1. The van der Waals surface area contributed by atoms with Gasteiger partial charge in [0.15, 0.2) is 6.61 Å². The highest BCUT2D eigenvalue weighted by molar-refractivity contribution is 6.30. The number of amides is 2. The second kappa shape index (κ2) is 10.0. The van der Waals surface area contributed by atoms with Crippen LogP contribution < -0.4 is 15.4 Å². The molecule has 2 amide bonds. The van der Waals surface area contributed by atoms with Crippen molar-refractivity contribution in [2.24, 2.45) is 0 Å². The van der Waals surface area contributed by atoms with E-state index in [9.17, 15) is 19.1 Å². The lowest BCUT2D eigenvalue weighted by Crippen LogP contribution is -2.49. The zero-order valence-electron chi connectivity index (χ0n) is 16.1. The molecule has 1 aliphatic rings. The normalized spacial score (nSPS) is 19.9. The Morgan fingerprint density at radius 1 is 1.29 bits per heavy atom. The monoisotopic (exact) mass is 444 g/mol. The fourth-order valence-electron chi connectivity index (χ4n) is 2.90. The Hall–Kier alpha value is -3.48. The van der Waals surface area contributed by atoms with Crippen molar-refractivity contribution in [3.05, 3.63) is 70.8 Å². The molecule has 3 atom stereocenters. The lowest BCUT2D eigenvalue weighted by Gasteiger charge is -2.29. The molecule has 1 aromatic carbocycles. The predicted octanol–water partition coefficient (Wildman–Crippen LogP) is 1.73. The van der Waals surface area contributed by atoms with Crippen LogP contribution >= 0.6 is 11.6 Å². The van der Waals surface area contributed by atoms with Crippen LogP contribution in [0.15, 0.2) is 48.7 Å². The average Bonchev–Trinajstić information content (AvgIpc) is 2.76. The summed E-state index contributed by atoms with van der Waals surface area (Å²) in [4.78, 5) is 28.2. The second-order valence-corrected chi connectivity index (χ2v) is 7.18. The molecule has 1 aliphatic carbocycles. The summed E-state index contributed by atoms with van der Waals surface area (Å²) in [6, 6.07) is 7.54. The topological polar surface area (TPSA) is 124 Å². The number of benzene rings is 1. The van der Waals surface area contributed by atoms with Gasteiger partial charge in [0.05, 0.1) is 28.8 Å². The van der Waals surface area contributed by atoms with Gasteiger partial charge in [-0.3, -0.25) is 9.59 Å². The van der Waals surface area contributed by atoms with Crippen LogP contribution in [0.2, 0.25) is 5.02 Å². The molecule has 0 saturated heterocycles. The van der Waals surface area contributed by atoms with E-state index in [0.717, 1.165) is 6.07 Å². The Labute approximate surface area is 182 Å². The van der Waals surface area contributed by atoms with Crippen molar-refractivity contribution in [2.45, 2.75) is 24.6 Å². The minimum Gasteiger partial charge on any atom is -0.484 e. The van der Waals surface area contributed by atoms with Gasteiger partial charge in [0.25, 0.3) is 11.8 Å². The maximum atomic E-state index is 13.4. The molecule has 0 bridgehead atoms. The van der Waals surface area contributed by atoms with E-state index < -0.39 is 35.8 Å². The minimum atomic E-state index is -0.943. The van der Waals surface area contributed by atoms with E-state index in [-0.39, 0.29) is 29.5 Å². The largest absolute Gasteiger partial charge is 0.484 e. The van der Waals surface area contributed by atoms with Crippen molar-refractivity contribution in [3.8, 4) is 11.8 Å². The van der Waals surface area contributed by atoms with E-state index in [1.165, 1.54) is 30.5 Å². The number of nitrogens with one attached hydrogen (secondary N) is 2. The maximum Gasteiger partial charge on any atom is 0.270 e. The molecule has 31 heavy (non-hydrogen) atoms. The van der Waals surface area contributed by atoms with Crippen molar-refractivity contribution < 1.29 is 23.8 Å². The summed E-state index contributed by atoms with van der Waals surface area (Å²) >= 11 is 5.59. The molecule has 0 radical (unpaired) electrons. The molecule has 160 valence electrons. The van der Waals surface area contributed by atoms with Gasteiger partial charge in [-0.25, -0.2) is 9.37 Å². The third-order valence-corrected chi connectivity index (χ3v) is 4.80. The lowest BCUT2D eigenvalue weighted by atomic mass is 9.95. The van der Waals surface area contributed by atoms with Crippen LogP contribution in [0.3, 0.4) is 0 Å². The van der Waals surface area contributed by atoms with Gasteiger partial charge in [-0.1, -0.05) is 23.8 Å². The van der Waals surface area contributed by atoms with Gasteiger partial charge < -0.3 is 20.5 Å². The average molecular weight is 445 g/mol. The highest BCUT2D eigenvalue weighted by atomic mass is 35.5. The third kappa shape index (κ3) is 6.01. The van der Waals surface area contributed by atoms with Crippen molar-refractivity contribution in [1.29, 1.82) is 5.26 Å². The number of hydrogen-bond donors (Lipinski definition) is 3. The number of nitrogens with zero attached hydrogens (tertiary/aromatic N) is 2. The smallest absolute Gasteiger partial charge is 0.270 e. The van der Waals surface area contributed by atoms with E-state index in [2.05, 4.69) is 15.6 Å². The zero-order valence-corrected chi connectivity index (χ0v) is 16.8. The molecular weight excluding hydrogens is 427 g/mol. The maximum absolute atomic E-state index is 13.4. The molecule has 3 rings (SSSR count). The van der Waals surface area contributed by atoms with Gasteiger partial charge in [0, 0.05) is 12.3 Å². The van der Waals surface area contributed by atoms with Gasteiger partial charge >= 0.3 is 0 Å². The zero-order chi connectivity index (χ0) is 22.4. The number of carbonyl (C=O) groups excluding carboxylic acids is 2. The number of aliphatic hydroxyl groups excluding tert-OH is 1. The molecule has 1 heterocycles. The van der Waals surface area contributed by atoms with Crippen molar-refractivity contribution in [3.63, 3.8) is 0 Å². The number of carbonyl (C=O) groups is 2. The standard InChI is InChI=1S/C21H18ClFN4O4/c22-15-4-3-14(8-16(15)23)31-11-20(29)27-17-6-2-13(7-19(17)28)26-21(30)18-5-1-12(9-24)10-25-18/h1-6,8,10,13,17,19,28H,7,11H2,(H,26,30)(H,27,29). The van der Waals surface area contributed by atoms with Gasteiger partial charge in [-0.2, -0.15) is 5.26 Å². The molecule has 0 fully saturated rings. The molecule has 0 saturated carbocycles. The number of aliphatic hydroxyl groups is 1. The molecule has 2 aromatic rings. The predicted molar refractivity (Wildman–Crippen MR) is 109 cm³/mol. The Balaban J connectivity index is 1.49. The van der Waals surface area contributed by atoms with E-state index in [0.29, 0.717) is 5.56 Å². The summed E-state index contributed by atoms with van der Waals surface area (Å²) < 4.78 is 18.6. The van der Waals surface area contributed by atoms with Gasteiger partial charge in [-0.15, -0.1) is 0 Å². The molecule has 0 spiro atoms. The van der Waals surface area contributed by atoms with E-state index in [1.807, 2.05) is 6.07 Å². The number of nitriles is 1. The van der Waals surface area contributed by atoms with E-state index in [1.54, 1.807) is 12.2 Å². The van der Waals surface area contributed by atoms with Crippen LogP contribution in [0.1, 0.15) is 22.5 Å². The second-order valence-electron chi connectivity index (χ2n) is 6.77. The Morgan fingerprint density at radius 3 is 2.74 bits per heavy atom. The van der Waals surface area contributed by atoms with Crippen LogP contribution in [0.25, 0.3) is 0 Å². The fraction of sp³-hybridized carbons (Fsp3) is 0.238. The lowest BCUT2D eigenvalue weighted by molar-refractivity contribution is -0.124.